The lowest BCUT2D eigenvalue weighted by molar-refractivity contribution is 0.636. The van der Waals surface area contributed by atoms with Crippen molar-refractivity contribution in [2.45, 2.75) is 51.6 Å². The summed E-state index contributed by atoms with van der Waals surface area (Å²) in [5.41, 5.74) is 5.63. The van der Waals surface area contributed by atoms with Gasteiger partial charge in [0.2, 0.25) is 0 Å². The highest BCUT2D eigenvalue weighted by molar-refractivity contribution is 7.12. The molecule has 3 rings (SSSR count). The van der Waals surface area contributed by atoms with E-state index < -0.39 is 0 Å². The van der Waals surface area contributed by atoms with E-state index in [0.717, 1.165) is 12.1 Å². The summed E-state index contributed by atoms with van der Waals surface area (Å²) >= 11 is 1.91. The molecule has 20 heavy (non-hydrogen) atoms. The van der Waals surface area contributed by atoms with E-state index in [4.69, 9.17) is 5.84 Å². The van der Waals surface area contributed by atoms with Crippen molar-refractivity contribution in [3.63, 3.8) is 0 Å². The summed E-state index contributed by atoms with van der Waals surface area (Å²) in [7, 11) is 0. The average Bonchev–Trinajstić information content (AvgIpc) is 3.03. The first-order valence-corrected chi connectivity index (χ1v) is 8.23. The van der Waals surface area contributed by atoms with Crippen molar-refractivity contribution in [2.75, 3.05) is 0 Å². The summed E-state index contributed by atoms with van der Waals surface area (Å²) in [5.74, 6) is 5.80. The van der Waals surface area contributed by atoms with Crippen molar-refractivity contribution in [1.29, 1.82) is 0 Å². The molecule has 2 heterocycles. The summed E-state index contributed by atoms with van der Waals surface area (Å²) in [6.45, 7) is 2.98. The topological polar surface area (TPSA) is 55.9 Å². The number of aryl methyl sites for hydroxylation is 3. The maximum Gasteiger partial charge on any atom is 0.0833 e. The Morgan fingerprint density at radius 1 is 1.40 bits per heavy atom. The lowest BCUT2D eigenvalue weighted by Gasteiger charge is -2.11. The van der Waals surface area contributed by atoms with Gasteiger partial charge in [0.25, 0.3) is 0 Å². The van der Waals surface area contributed by atoms with E-state index >= 15 is 0 Å². The van der Waals surface area contributed by atoms with Crippen LogP contribution in [0.1, 0.15) is 53.1 Å². The molecule has 4 nitrogen and oxygen atoms in total. The summed E-state index contributed by atoms with van der Waals surface area (Å²) in [5, 5.41) is 4.35. The van der Waals surface area contributed by atoms with Gasteiger partial charge < -0.3 is 0 Å². The van der Waals surface area contributed by atoms with Gasteiger partial charge in [0.05, 0.1) is 12.2 Å². The van der Waals surface area contributed by atoms with Gasteiger partial charge in [-0.15, -0.1) is 11.3 Å². The molecular formula is C15H22N4S. The van der Waals surface area contributed by atoms with Crippen LogP contribution in [-0.4, -0.2) is 9.78 Å². The first-order valence-electron chi connectivity index (χ1n) is 7.41. The van der Waals surface area contributed by atoms with E-state index in [9.17, 15) is 0 Å². The van der Waals surface area contributed by atoms with Crippen LogP contribution in [0, 0.1) is 0 Å². The number of nitrogens with two attached hydrogens (primary N) is 1. The predicted octanol–water partition coefficient (Wildman–Crippen LogP) is 2.79. The molecule has 0 aromatic carbocycles. The lowest BCUT2D eigenvalue weighted by atomic mass is 10.1. The fourth-order valence-corrected chi connectivity index (χ4v) is 4.22. The van der Waals surface area contributed by atoms with Crippen LogP contribution in [0.15, 0.2) is 18.5 Å². The second-order valence-corrected chi connectivity index (χ2v) is 6.56. The summed E-state index contributed by atoms with van der Waals surface area (Å²) in [6.07, 6.45) is 10.4. The number of thiophene rings is 1. The summed E-state index contributed by atoms with van der Waals surface area (Å²) in [4.78, 5) is 2.87. The number of nitrogens with zero attached hydrogens (tertiary/aromatic N) is 2. The Morgan fingerprint density at radius 2 is 2.25 bits per heavy atom. The van der Waals surface area contributed by atoms with E-state index in [1.165, 1.54) is 42.5 Å². The molecule has 1 aliphatic carbocycles. The maximum absolute atomic E-state index is 5.80. The Balaban J connectivity index is 1.89. The third kappa shape index (κ3) is 2.66. The SMILES string of the molecule is CCn1cc(C(NN)c2cc3c(s2)CCCCC3)cn1. The zero-order valence-electron chi connectivity index (χ0n) is 11.9. The fraction of sp³-hybridized carbons (Fsp3) is 0.533. The normalized spacial score (nSPS) is 16.7. The number of aromatic nitrogens is 2. The van der Waals surface area contributed by atoms with Crippen LogP contribution >= 0.6 is 11.3 Å². The zero-order valence-corrected chi connectivity index (χ0v) is 12.7. The molecule has 0 saturated heterocycles. The van der Waals surface area contributed by atoms with Gasteiger partial charge in [0.1, 0.15) is 0 Å². The Bertz CT molecular complexity index is 549. The van der Waals surface area contributed by atoms with E-state index in [1.54, 1.807) is 4.88 Å². The third-order valence-corrected chi connectivity index (χ3v) is 5.33. The number of nitrogens with one attached hydrogen (secondary N) is 1. The zero-order chi connectivity index (χ0) is 13.9. The molecule has 1 aliphatic rings. The number of hydrogen-bond acceptors (Lipinski definition) is 4. The van der Waals surface area contributed by atoms with E-state index in [1.807, 2.05) is 22.2 Å². The number of rotatable bonds is 4. The van der Waals surface area contributed by atoms with Gasteiger partial charge in [0, 0.05) is 28.1 Å². The second kappa shape index (κ2) is 6.08. The van der Waals surface area contributed by atoms with Crippen LogP contribution in [0.3, 0.4) is 0 Å². The molecule has 5 heteroatoms. The molecule has 0 radical (unpaired) electrons. The van der Waals surface area contributed by atoms with Gasteiger partial charge in [-0.2, -0.15) is 5.10 Å². The maximum atomic E-state index is 5.80. The first-order chi connectivity index (χ1) is 9.81. The van der Waals surface area contributed by atoms with Crippen LogP contribution < -0.4 is 11.3 Å². The number of hydrogen-bond donors (Lipinski definition) is 2. The standard InChI is InChI=1S/C15H22N4S/c1-2-19-10-12(9-17-19)15(18-16)14-8-11-6-4-3-5-7-13(11)20-14/h8-10,15,18H,2-7,16H2,1H3. The van der Waals surface area contributed by atoms with E-state index in [-0.39, 0.29) is 6.04 Å². The molecule has 1 unspecified atom stereocenters. The Kier molecular flexibility index (Phi) is 4.19. The van der Waals surface area contributed by atoms with E-state index in [0.29, 0.717) is 0 Å². The Morgan fingerprint density at radius 3 is 3.00 bits per heavy atom. The predicted molar refractivity (Wildman–Crippen MR) is 82.6 cm³/mol. The van der Waals surface area contributed by atoms with Crippen LogP contribution in [0.25, 0.3) is 0 Å². The minimum absolute atomic E-state index is 0.0622. The Labute approximate surface area is 124 Å². The molecule has 0 bridgehead atoms. The highest BCUT2D eigenvalue weighted by Crippen LogP contribution is 2.34. The minimum Gasteiger partial charge on any atom is -0.273 e. The van der Waals surface area contributed by atoms with Gasteiger partial charge in [0.15, 0.2) is 0 Å². The van der Waals surface area contributed by atoms with Crippen LogP contribution in [0.5, 0.6) is 0 Å². The van der Waals surface area contributed by atoms with Crippen molar-refractivity contribution in [1.82, 2.24) is 15.2 Å². The minimum atomic E-state index is 0.0622. The largest absolute Gasteiger partial charge is 0.273 e. The van der Waals surface area contributed by atoms with Crippen LogP contribution in [-0.2, 0) is 19.4 Å². The van der Waals surface area contributed by atoms with Crippen molar-refractivity contribution >= 4 is 11.3 Å². The van der Waals surface area contributed by atoms with Crippen molar-refractivity contribution in [2.24, 2.45) is 5.84 Å². The highest BCUT2D eigenvalue weighted by Gasteiger charge is 2.20. The first kappa shape index (κ1) is 13.8. The molecular weight excluding hydrogens is 268 g/mol. The van der Waals surface area contributed by atoms with Crippen LogP contribution in [0.2, 0.25) is 0 Å². The van der Waals surface area contributed by atoms with Gasteiger partial charge in [-0.25, -0.2) is 5.43 Å². The Hall–Kier alpha value is -1.17. The second-order valence-electron chi connectivity index (χ2n) is 5.39. The number of fused-ring (bicyclic) bond motifs is 1. The van der Waals surface area contributed by atoms with Gasteiger partial charge in [-0.05, 0) is 44.2 Å². The van der Waals surface area contributed by atoms with Crippen molar-refractivity contribution < 1.29 is 0 Å². The van der Waals surface area contributed by atoms with Gasteiger partial charge in [-0.1, -0.05) is 6.42 Å². The number of hydrazine groups is 1. The molecule has 3 N–H and O–H groups in total. The lowest BCUT2D eigenvalue weighted by Crippen LogP contribution is -2.28. The molecule has 2 aromatic rings. The van der Waals surface area contributed by atoms with Crippen LogP contribution in [0.4, 0.5) is 0 Å². The van der Waals surface area contributed by atoms with Gasteiger partial charge in [-0.3, -0.25) is 10.5 Å². The average molecular weight is 290 g/mol. The van der Waals surface area contributed by atoms with Crippen molar-refractivity contribution in [3.05, 3.63) is 39.3 Å². The molecule has 1 atom stereocenters. The molecule has 0 fully saturated rings. The van der Waals surface area contributed by atoms with Crippen molar-refractivity contribution in [3.8, 4) is 0 Å². The molecule has 2 aromatic heterocycles. The molecule has 108 valence electrons. The molecule has 0 spiro atoms. The molecule has 0 aliphatic heterocycles. The molecule has 0 saturated carbocycles. The van der Waals surface area contributed by atoms with Gasteiger partial charge >= 0.3 is 0 Å². The summed E-state index contributed by atoms with van der Waals surface area (Å²) < 4.78 is 1.94. The molecule has 0 amide bonds. The highest BCUT2D eigenvalue weighted by atomic mass is 32.1. The third-order valence-electron chi connectivity index (χ3n) is 4.03. The fourth-order valence-electron chi connectivity index (χ4n) is 2.88. The summed E-state index contributed by atoms with van der Waals surface area (Å²) in [6, 6.07) is 2.41. The quantitative estimate of drug-likeness (QED) is 0.517. The smallest absolute Gasteiger partial charge is 0.0833 e. The van der Waals surface area contributed by atoms with E-state index in [2.05, 4.69) is 29.7 Å². The monoisotopic (exact) mass is 290 g/mol.